The normalized spacial score (nSPS) is 11.0. The third-order valence-electron chi connectivity index (χ3n) is 1.93. The molecule has 7 nitrogen and oxygen atoms in total. The van der Waals surface area contributed by atoms with Gasteiger partial charge in [-0.15, -0.1) is 0 Å². The fourth-order valence-electron chi connectivity index (χ4n) is 1.06. The van der Waals surface area contributed by atoms with Gasteiger partial charge in [0, 0.05) is 14.1 Å². The molecule has 3 N–H and O–H groups in total. The molecule has 1 heterocycles. The topological polar surface area (TPSA) is 103 Å². The summed E-state index contributed by atoms with van der Waals surface area (Å²) < 4.78 is 1.98. The molecule has 0 amide bonds. The van der Waals surface area contributed by atoms with Gasteiger partial charge in [-0.1, -0.05) is 5.16 Å². The molecule has 0 spiro atoms. The smallest absolute Gasteiger partial charge is 0.332 e. The number of nitrogen functional groups attached to an aromatic ring is 1. The molecular weight excluding hydrogens is 188 g/mol. The third-order valence-corrected chi connectivity index (χ3v) is 1.93. The second-order valence-electron chi connectivity index (χ2n) is 2.75. The Kier molecular flexibility index (Phi) is 2.41. The summed E-state index contributed by atoms with van der Waals surface area (Å²) in [7, 11) is 2.74. The first kappa shape index (κ1) is 10.0. The average Bonchev–Trinajstić information content (AvgIpc) is 2.19. The van der Waals surface area contributed by atoms with Gasteiger partial charge in [0.15, 0.2) is 0 Å². The van der Waals surface area contributed by atoms with E-state index in [-0.39, 0.29) is 11.4 Å². The van der Waals surface area contributed by atoms with E-state index in [1.54, 1.807) is 0 Å². The number of anilines is 1. The van der Waals surface area contributed by atoms with Gasteiger partial charge >= 0.3 is 5.69 Å². The molecular formula is C7H10N4O3. The van der Waals surface area contributed by atoms with Crippen molar-refractivity contribution in [3.63, 3.8) is 0 Å². The minimum absolute atomic E-state index is 0.0166. The molecule has 1 aromatic heterocycles. The molecule has 14 heavy (non-hydrogen) atoms. The van der Waals surface area contributed by atoms with Crippen LogP contribution < -0.4 is 17.0 Å². The van der Waals surface area contributed by atoms with Crippen LogP contribution in [0.25, 0.3) is 0 Å². The molecule has 0 atom stereocenters. The first-order valence-corrected chi connectivity index (χ1v) is 3.73. The van der Waals surface area contributed by atoms with Crippen molar-refractivity contribution in [3.05, 3.63) is 26.4 Å². The van der Waals surface area contributed by atoms with Crippen LogP contribution in [0, 0.1) is 0 Å². The van der Waals surface area contributed by atoms with Crippen molar-refractivity contribution in [2.45, 2.75) is 0 Å². The van der Waals surface area contributed by atoms with E-state index in [1.807, 2.05) is 0 Å². The van der Waals surface area contributed by atoms with Crippen LogP contribution in [0.5, 0.6) is 0 Å². The molecule has 0 bridgehead atoms. The Morgan fingerprint density at radius 3 is 2.43 bits per heavy atom. The lowest BCUT2D eigenvalue weighted by Crippen LogP contribution is -2.40. The first-order chi connectivity index (χ1) is 6.50. The number of rotatable bonds is 1. The Balaban J connectivity index is 3.78. The summed E-state index contributed by atoms with van der Waals surface area (Å²) in [5, 5.41) is 11.0. The standard InChI is InChI=1S/C7H10N4O3/c1-10-5(8)4(3-9-14)6(12)11(2)7(10)13/h3,14H,8H2,1-2H3/b9-3-. The summed E-state index contributed by atoms with van der Waals surface area (Å²) in [5.41, 5.74) is 4.35. The van der Waals surface area contributed by atoms with Crippen LogP contribution in [0.2, 0.25) is 0 Å². The number of aromatic nitrogens is 2. The van der Waals surface area contributed by atoms with E-state index in [0.29, 0.717) is 0 Å². The number of nitrogens with zero attached hydrogens (tertiary/aromatic N) is 3. The maximum absolute atomic E-state index is 11.4. The van der Waals surface area contributed by atoms with Gasteiger partial charge in [-0.05, 0) is 0 Å². The minimum atomic E-state index is -0.594. The van der Waals surface area contributed by atoms with Crippen molar-refractivity contribution in [1.29, 1.82) is 0 Å². The van der Waals surface area contributed by atoms with E-state index in [0.717, 1.165) is 15.3 Å². The minimum Gasteiger partial charge on any atom is -0.411 e. The van der Waals surface area contributed by atoms with Gasteiger partial charge in [-0.25, -0.2) is 4.79 Å². The maximum atomic E-state index is 11.4. The van der Waals surface area contributed by atoms with Crippen molar-refractivity contribution < 1.29 is 5.21 Å². The Hall–Kier alpha value is -2.05. The summed E-state index contributed by atoms with van der Waals surface area (Å²) in [5.74, 6) is -0.0316. The number of nitrogens with two attached hydrogens (primary N) is 1. The zero-order chi connectivity index (χ0) is 10.9. The van der Waals surface area contributed by atoms with Crippen LogP contribution in [0.1, 0.15) is 5.56 Å². The molecule has 0 saturated carbocycles. The molecule has 0 aliphatic heterocycles. The van der Waals surface area contributed by atoms with Gasteiger partial charge in [0.25, 0.3) is 5.56 Å². The lowest BCUT2D eigenvalue weighted by Gasteiger charge is -2.07. The van der Waals surface area contributed by atoms with E-state index in [2.05, 4.69) is 5.16 Å². The molecule has 76 valence electrons. The molecule has 0 saturated heterocycles. The highest BCUT2D eigenvalue weighted by molar-refractivity contribution is 5.84. The number of oxime groups is 1. The lowest BCUT2D eigenvalue weighted by molar-refractivity contribution is 0.321. The Labute approximate surface area is 78.7 Å². The summed E-state index contributed by atoms with van der Waals surface area (Å²) in [6.07, 6.45) is 0.900. The van der Waals surface area contributed by atoms with Gasteiger partial charge in [-0.3, -0.25) is 13.9 Å². The average molecular weight is 198 g/mol. The summed E-state index contributed by atoms with van der Waals surface area (Å²) in [6, 6.07) is 0. The van der Waals surface area contributed by atoms with E-state index >= 15 is 0 Å². The van der Waals surface area contributed by atoms with E-state index in [4.69, 9.17) is 10.9 Å². The van der Waals surface area contributed by atoms with Crippen LogP contribution in [-0.4, -0.2) is 20.6 Å². The first-order valence-electron chi connectivity index (χ1n) is 3.73. The Morgan fingerprint density at radius 2 is 1.93 bits per heavy atom. The number of hydrogen-bond donors (Lipinski definition) is 2. The quantitative estimate of drug-likeness (QED) is 0.324. The highest BCUT2D eigenvalue weighted by Crippen LogP contribution is 1.98. The van der Waals surface area contributed by atoms with E-state index < -0.39 is 11.2 Å². The molecule has 0 aromatic carbocycles. The van der Waals surface area contributed by atoms with Gasteiger partial charge in [0.2, 0.25) is 0 Å². The van der Waals surface area contributed by atoms with Crippen molar-refractivity contribution in [3.8, 4) is 0 Å². The van der Waals surface area contributed by atoms with Crippen molar-refractivity contribution in [2.75, 3.05) is 5.73 Å². The van der Waals surface area contributed by atoms with Gasteiger partial charge in [0.1, 0.15) is 11.4 Å². The van der Waals surface area contributed by atoms with Crippen LogP contribution in [0.3, 0.4) is 0 Å². The molecule has 0 fully saturated rings. The predicted molar refractivity (Wildman–Crippen MR) is 50.7 cm³/mol. The van der Waals surface area contributed by atoms with Crippen molar-refractivity contribution in [2.24, 2.45) is 19.3 Å². The summed E-state index contributed by atoms with van der Waals surface area (Å²) >= 11 is 0. The van der Waals surface area contributed by atoms with Gasteiger partial charge in [0.05, 0.1) is 6.21 Å². The summed E-state index contributed by atoms with van der Waals surface area (Å²) in [4.78, 5) is 22.7. The van der Waals surface area contributed by atoms with Gasteiger partial charge in [-0.2, -0.15) is 0 Å². The highest BCUT2D eigenvalue weighted by atomic mass is 16.4. The van der Waals surface area contributed by atoms with E-state index in [1.165, 1.54) is 14.1 Å². The van der Waals surface area contributed by atoms with Crippen LogP contribution in [-0.2, 0) is 14.1 Å². The molecule has 7 heteroatoms. The lowest BCUT2D eigenvalue weighted by atomic mass is 10.3. The fourth-order valence-corrected chi connectivity index (χ4v) is 1.06. The van der Waals surface area contributed by atoms with E-state index in [9.17, 15) is 9.59 Å². The predicted octanol–water partition coefficient (Wildman–Crippen LogP) is -1.53. The SMILES string of the molecule is Cn1c(N)c(/C=N\O)c(=O)n(C)c1=O. The molecule has 0 radical (unpaired) electrons. The second-order valence-corrected chi connectivity index (χ2v) is 2.75. The van der Waals surface area contributed by atoms with Crippen LogP contribution in [0.4, 0.5) is 5.82 Å². The Morgan fingerprint density at radius 1 is 1.36 bits per heavy atom. The monoisotopic (exact) mass is 198 g/mol. The third kappa shape index (κ3) is 1.28. The van der Waals surface area contributed by atoms with Crippen LogP contribution in [0.15, 0.2) is 14.7 Å². The fraction of sp³-hybridized carbons (Fsp3) is 0.286. The Bertz CT molecular complexity index is 497. The molecule has 0 aliphatic carbocycles. The molecule has 1 aromatic rings. The highest BCUT2D eigenvalue weighted by Gasteiger charge is 2.10. The molecule has 0 unspecified atom stereocenters. The largest absolute Gasteiger partial charge is 0.411 e. The molecule has 1 rings (SSSR count). The zero-order valence-corrected chi connectivity index (χ0v) is 7.76. The second kappa shape index (κ2) is 3.36. The summed E-state index contributed by atoms with van der Waals surface area (Å²) in [6.45, 7) is 0. The van der Waals surface area contributed by atoms with Crippen LogP contribution >= 0.6 is 0 Å². The number of hydrogen-bond acceptors (Lipinski definition) is 5. The van der Waals surface area contributed by atoms with Crippen molar-refractivity contribution >= 4 is 12.0 Å². The maximum Gasteiger partial charge on any atom is 0.332 e. The van der Waals surface area contributed by atoms with Gasteiger partial charge < -0.3 is 10.9 Å². The van der Waals surface area contributed by atoms with Crippen molar-refractivity contribution in [1.82, 2.24) is 9.13 Å². The molecule has 0 aliphatic rings. The zero-order valence-electron chi connectivity index (χ0n) is 7.76.